The van der Waals surface area contributed by atoms with E-state index in [1.54, 1.807) is 83.5 Å². The molecule has 0 fully saturated rings. The van der Waals surface area contributed by atoms with E-state index in [1.807, 2.05) is 32.9 Å². The highest BCUT2D eigenvalue weighted by molar-refractivity contribution is 7.17. The molecule has 0 spiro atoms. The van der Waals surface area contributed by atoms with Gasteiger partial charge in [-0.1, -0.05) is 30.7 Å². The fraction of sp³-hybridized carbons (Fsp3) is 0.439. The number of benzene rings is 2. The molecule has 0 saturated carbocycles. The van der Waals surface area contributed by atoms with Gasteiger partial charge in [-0.3, -0.25) is 68.7 Å². The smallest absolute Gasteiger partial charge is 0.291 e. The van der Waals surface area contributed by atoms with Gasteiger partial charge in [-0.2, -0.15) is 0 Å². The maximum absolute atomic E-state index is 13.5. The molecule has 0 bridgehead atoms. The van der Waals surface area contributed by atoms with E-state index < -0.39 is 53.3 Å². The highest BCUT2D eigenvalue weighted by Gasteiger charge is 2.35. The van der Waals surface area contributed by atoms with E-state index in [1.165, 1.54) is 77.3 Å². The number of nitrogens with zero attached hydrogens (tertiary/aromatic N) is 10. The molecule has 8 aromatic rings. The maximum atomic E-state index is 13.5. The van der Waals surface area contributed by atoms with Gasteiger partial charge in [-0.25, -0.2) is 15.0 Å². The molecule has 2 aromatic carbocycles. The molecular formula is C82H107ClN22O19S. The van der Waals surface area contributed by atoms with Gasteiger partial charge in [0.2, 0.25) is 41.1 Å². The lowest BCUT2D eigenvalue weighted by Crippen LogP contribution is -2.41. The second kappa shape index (κ2) is 49.2. The summed E-state index contributed by atoms with van der Waals surface area (Å²) >= 11 is 7.72. The van der Waals surface area contributed by atoms with E-state index in [4.69, 9.17) is 64.6 Å². The van der Waals surface area contributed by atoms with Gasteiger partial charge in [0, 0.05) is 138 Å². The zero-order valence-corrected chi connectivity index (χ0v) is 72.7. The van der Waals surface area contributed by atoms with Crippen molar-refractivity contribution in [2.24, 2.45) is 40.2 Å². The normalized spacial score (nSPS) is 12.4. The summed E-state index contributed by atoms with van der Waals surface area (Å²) in [5.74, 6) is -3.97. The van der Waals surface area contributed by atoms with E-state index in [9.17, 15) is 53.4 Å². The number of imidazole rings is 3. The van der Waals surface area contributed by atoms with E-state index in [2.05, 4.69) is 68.1 Å². The Bertz CT molecular complexity index is 5090. The molecule has 1 aliphatic heterocycles. The van der Waals surface area contributed by atoms with Crippen LogP contribution in [-0.2, 0) is 97.1 Å². The molecule has 43 heteroatoms. The van der Waals surface area contributed by atoms with Gasteiger partial charge in [0.15, 0.2) is 17.5 Å². The number of aryl methyl sites for hydroxylation is 6. The summed E-state index contributed by atoms with van der Waals surface area (Å²) in [6, 6.07) is 16.3. The van der Waals surface area contributed by atoms with Crippen LogP contribution in [0.3, 0.4) is 0 Å². The summed E-state index contributed by atoms with van der Waals surface area (Å²) in [7, 11) is 7.88. The third kappa shape index (κ3) is 30.2. The molecule has 6 aromatic heterocycles. The first kappa shape index (κ1) is 96.4. The lowest BCUT2D eigenvalue weighted by atomic mass is 9.99. The Labute approximate surface area is 730 Å². The van der Waals surface area contributed by atoms with Crippen molar-refractivity contribution in [2.75, 3.05) is 175 Å². The molecule has 1 atom stereocenters. The van der Waals surface area contributed by atoms with Crippen molar-refractivity contribution >= 4 is 139 Å². The second-order valence-electron chi connectivity index (χ2n) is 28.3. The first-order valence-electron chi connectivity index (χ1n) is 40.2. The minimum Gasteiger partial charge on any atom is -0.491 e. The molecular weight excluding hydrogens is 1660 g/mol. The number of hydrogen-bond donors (Lipinski definition) is 12. The highest BCUT2D eigenvalue weighted by Crippen LogP contribution is 2.40. The standard InChI is InChI=1S/C82H107ClN22O19S/c1-10-22-86-66(106)19-23-89-79(113)74-97-63(47-102(74)7)94-67(107)20-24-87-77(111)61-42-57(45-100(61)5)91-80(114)75-98-64(48-103(75)8)95-68(108)21-25-88-78(112)62-43-58(46-101(62)6)92-81(115)76-99-65(49-104(76)9)96-70(110)50-123-39-38-121-35-34-119-31-30-117-27-26-116-28-29-118-32-33-120-36-37-122-40-41-124-59-17-15-56(16-18-59)90-69(109)44-60-73(85)105(53(4)84)82-71(51(2)52(3)125-82)72(93-60)54-11-13-55(83)14-12-54/h11-18,42-43,45-49,60,84-85H,10,19-41,44,50H2,1-9H3,(H,86,106)(H,87,111)(H,88,112)(H,89,113)(H,90,109)(H,91,114)(H,92,115)(H,94,107)(H,95,108)(H,96,110)/t60-/m0/s1. The molecule has 125 heavy (non-hydrogen) atoms. The molecule has 0 radical (unpaired) electrons. The number of anilines is 7. The lowest BCUT2D eigenvalue weighted by Gasteiger charge is -2.24. The number of ether oxygens (including phenoxy) is 9. The maximum Gasteiger partial charge on any atom is 0.291 e. The molecule has 7 heterocycles. The number of amides is 10. The molecule has 10 amide bonds. The van der Waals surface area contributed by atoms with Gasteiger partial charge in [0.1, 0.15) is 53.1 Å². The van der Waals surface area contributed by atoms with Gasteiger partial charge in [-0.05, 0) is 81.3 Å². The number of amidine groups is 2. The number of aromatic nitrogens is 8. The minimum absolute atomic E-state index is 0.0225. The molecule has 0 aliphatic carbocycles. The molecule has 0 saturated heterocycles. The number of fused-ring (bicyclic) bond motifs is 1. The number of nitrogens with one attached hydrogen (secondary N) is 12. The summed E-state index contributed by atoms with van der Waals surface area (Å²) < 4.78 is 57.4. The first-order valence-corrected chi connectivity index (χ1v) is 41.4. The van der Waals surface area contributed by atoms with E-state index in [-0.39, 0.29) is 146 Å². The van der Waals surface area contributed by atoms with Crippen molar-refractivity contribution in [1.82, 2.24) is 59.1 Å². The number of carbonyl (C=O) groups excluding carboxylic acids is 10. The third-order valence-corrected chi connectivity index (χ3v) is 19.9. The Morgan fingerprint density at radius 3 is 1.32 bits per heavy atom. The topological polar surface area (TPSA) is 501 Å². The Morgan fingerprint density at radius 2 is 0.872 bits per heavy atom. The van der Waals surface area contributed by atoms with Gasteiger partial charge < -0.3 is 119 Å². The molecule has 1 aliphatic rings. The quantitative estimate of drug-likeness (QED) is 0.0123. The molecule has 41 nitrogen and oxygen atoms in total. The van der Waals surface area contributed by atoms with Crippen molar-refractivity contribution in [3.8, 4) is 5.75 Å². The summed E-state index contributed by atoms with van der Waals surface area (Å²) in [5, 5.41) is 45.9. The Morgan fingerprint density at radius 1 is 0.456 bits per heavy atom. The molecule has 9 rings (SSSR count). The summed E-state index contributed by atoms with van der Waals surface area (Å²) in [6.07, 6.45) is 7.80. The van der Waals surface area contributed by atoms with E-state index >= 15 is 0 Å². The Hall–Kier alpha value is -12.4. The van der Waals surface area contributed by atoms with Gasteiger partial charge in [0.25, 0.3) is 35.4 Å². The minimum atomic E-state index is -0.863. The predicted molar refractivity (Wildman–Crippen MR) is 466 cm³/mol. The predicted octanol–water partition coefficient (Wildman–Crippen LogP) is 5.74. The summed E-state index contributed by atoms with van der Waals surface area (Å²) in [6.45, 7) is 13.2. The van der Waals surface area contributed by atoms with Crippen molar-refractivity contribution in [2.45, 2.75) is 65.8 Å². The number of aliphatic imine (C=N–C) groups is 1. The highest BCUT2D eigenvalue weighted by atomic mass is 35.5. The van der Waals surface area contributed by atoms with Crippen molar-refractivity contribution < 1.29 is 90.6 Å². The van der Waals surface area contributed by atoms with Crippen molar-refractivity contribution in [1.29, 1.82) is 10.8 Å². The number of rotatable bonds is 52. The van der Waals surface area contributed by atoms with Gasteiger partial charge in [-0.15, -0.1) is 11.3 Å². The van der Waals surface area contributed by atoms with E-state index in [0.717, 1.165) is 33.0 Å². The average molecular weight is 1770 g/mol. The van der Waals surface area contributed by atoms with Crippen LogP contribution in [0.1, 0.15) is 120 Å². The summed E-state index contributed by atoms with van der Waals surface area (Å²) in [5.41, 5.74) is 4.67. The monoisotopic (exact) mass is 1770 g/mol. The van der Waals surface area contributed by atoms with Crippen LogP contribution < -0.4 is 62.8 Å². The SMILES string of the molecule is CCCNC(=O)CCNC(=O)c1nc(NC(=O)CCNC(=O)c2cc(NC(=O)c3nc(NC(=O)CCNC(=O)c4cc(NC(=O)c5nc(NC(=O)COCCOCCOCCOCCOCCOCCOCCOCCOc6ccc(NC(=O)C[C@@H]7N=C(c8ccc(Cl)cc8)c8c(sc(C)c8C)N(C(C)=N)C7=N)cc6)cn5C)cn4C)cn3C)cn2C)cn1C. The largest absolute Gasteiger partial charge is 0.491 e. The van der Waals surface area contributed by atoms with Crippen LogP contribution in [0.2, 0.25) is 5.02 Å². The van der Waals surface area contributed by atoms with Crippen molar-refractivity contribution in [3.05, 3.63) is 147 Å². The van der Waals surface area contributed by atoms with Gasteiger partial charge in [0.05, 0.1) is 123 Å². The van der Waals surface area contributed by atoms with Crippen LogP contribution in [0, 0.1) is 24.7 Å². The Kier molecular flexibility index (Phi) is 37.9. The number of hydrogen-bond acceptors (Lipinski definition) is 26. The summed E-state index contributed by atoms with van der Waals surface area (Å²) in [4.78, 5) is 150. The molecule has 0 unspecified atom stereocenters. The fourth-order valence-electron chi connectivity index (χ4n) is 12.2. The van der Waals surface area contributed by atoms with Crippen LogP contribution in [0.5, 0.6) is 5.75 Å². The van der Waals surface area contributed by atoms with E-state index in [0.29, 0.717) is 121 Å². The zero-order chi connectivity index (χ0) is 89.9. The van der Waals surface area contributed by atoms with Crippen LogP contribution in [-0.4, -0.2) is 259 Å². The van der Waals surface area contributed by atoms with Gasteiger partial charge >= 0.3 is 0 Å². The molecule has 12 N–H and O–H groups in total. The third-order valence-electron chi connectivity index (χ3n) is 18.5. The molecule has 672 valence electrons. The zero-order valence-electron chi connectivity index (χ0n) is 71.1. The first-order chi connectivity index (χ1) is 60.1. The van der Waals surface area contributed by atoms with Crippen LogP contribution in [0.25, 0.3) is 0 Å². The number of halogens is 1. The number of carbonyl (C=O) groups is 10. The lowest BCUT2D eigenvalue weighted by molar-refractivity contribution is -0.121. The van der Waals surface area contributed by atoms with Crippen LogP contribution in [0.15, 0.2) is 96.6 Å². The average Bonchev–Trinajstić information content (AvgIpc) is 1.60. The van der Waals surface area contributed by atoms with Crippen molar-refractivity contribution in [3.63, 3.8) is 0 Å². The fourth-order valence-corrected chi connectivity index (χ4v) is 13.6. The Balaban J connectivity index is 0.531. The second-order valence-corrected chi connectivity index (χ2v) is 29.9. The number of thiophene rings is 1. The van der Waals surface area contributed by atoms with Crippen LogP contribution >= 0.6 is 22.9 Å². The van der Waals surface area contributed by atoms with Crippen LogP contribution in [0.4, 0.5) is 39.5 Å².